The predicted molar refractivity (Wildman–Crippen MR) is 120 cm³/mol. The number of hydrogen-bond donors (Lipinski definition) is 4. The number of aromatic nitrogens is 2. The summed E-state index contributed by atoms with van der Waals surface area (Å²) >= 11 is 0. The molecule has 3 heterocycles. The molecule has 0 unspecified atom stereocenters. The van der Waals surface area contributed by atoms with Crippen LogP contribution in [-0.4, -0.2) is 53.7 Å². The highest BCUT2D eigenvalue weighted by molar-refractivity contribution is 5.97. The number of hydrogen-bond acceptors (Lipinski definition) is 5. The fourth-order valence-corrected chi connectivity index (χ4v) is 3.49. The zero-order valence-corrected chi connectivity index (χ0v) is 18.2. The van der Waals surface area contributed by atoms with Crippen LogP contribution >= 0.6 is 0 Å². The third kappa shape index (κ3) is 5.78. The van der Waals surface area contributed by atoms with Crippen molar-refractivity contribution in [1.29, 1.82) is 0 Å². The van der Waals surface area contributed by atoms with Gasteiger partial charge in [0, 0.05) is 47.4 Å². The number of aromatic amines is 1. The Morgan fingerprint density at radius 1 is 1.09 bits per heavy atom. The molecule has 1 aromatic carbocycles. The van der Waals surface area contributed by atoms with E-state index < -0.39 is 24.8 Å². The molecule has 0 radical (unpaired) electrons. The lowest BCUT2D eigenvalue weighted by Crippen LogP contribution is -2.34. The molecule has 182 valence electrons. The van der Waals surface area contributed by atoms with E-state index in [0.717, 1.165) is 28.9 Å². The Morgan fingerprint density at radius 3 is 2.57 bits per heavy atom. The van der Waals surface area contributed by atoms with E-state index in [1.807, 2.05) is 18.2 Å². The second-order valence-corrected chi connectivity index (χ2v) is 7.60. The van der Waals surface area contributed by atoms with Gasteiger partial charge in [-0.1, -0.05) is 12.1 Å². The van der Waals surface area contributed by atoms with E-state index in [-0.39, 0.29) is 12.5 Å². The quantitative estimate of drug-likeness (QED) is 0.314. The van der Waals surface area contributed by atoms with E-state index in [1.165, 1.54) is 0 Å². The molecule has 0 fully saturated rings. The molecule has 1 aliphatic heterocycles. The number of ether oxygens (including phenoxy) is 1. The van der Waals surface area contributed by atoms with E-state index in [2.05, 4.69) is 30.7 Å². The van der Waals surface area contributed by atoms with Crippen LogP contribution in [0.4, 0.5) is 23.7 Å². The maximum Gasteiger partial charge on any atom is 0.490 e. The molecule has 0 saturated carbocycles. The van der Waals surface area contributed by atoms with E-state index in [1.54, 1.807) is 30.5 Å². The number of carbonyl (C=O) groups excluding carboxylic acids is 3. The van der Waals surface area contributed by atoms with Crippen LogP contribution < -0.4 is 16.0 Å². The Balaban J connectivity index is 1.35. The minimum Gasteiger partial charge on any atom is -0.457 e. The first-order valence-electron chi connectivity index (χ1n) is 10.6. The number of pyridine rings is 1. The third-order valence-electron chi connectivity index (χ3n) is 5.17. The molecule has 1 aliphatic rings. The summed E-state index contributed by atoms with van der Waals surface area (Å²) in [5.74, 6) is -2.41. The van der Waals surface area contributed by atoms with Crippen LogP contribution in [0.5, 0.6) is 0 Å². The third-order valence-corrected chi connectivity index (χ3v) is 5.17. The van der Waals surface area contributed by atoms with Crippen molar-refractivity contribution in [1.82, 2.24) is 20.6 Å². The van der Waals surface area contributed by atoms with Crippen LogP contribution in [0.3, 0.4) is 0 Å². The molecule has 0 saturated heterocycles. The predicted octanol–water partition coefficient (Wildman–Crippen LogP) is 3.26. The summed E-state index contributed by atoms with van der Waals surface area (Å²) in [6.07, 6.45) is -2.68. The lowest BCUT2D eigenvalue weighted by atomic mass is 10.1. The summed E-state index contributed by atoms with van der Waals surface area (Å²) in [6, 6.07) is 11.7. The molecule has 12 heteroatoms. The number of amides is 3. The summed E-state index contributed by atoms with van der Waals surface area (Å²) in [5.41, 5.74) is 5.12. The Kier molecular flexibility index (Phi) is 6.71. The van der Waals surface area contributed by atoms with Crippen molar-refractivity contribution in [3.63, 3.8) is 0 Å². The summed E-state index contributed by atoms with van der Waals surface area (Å²) in [5, 5.41) is 7.64. The molecule has 0 bridgehead atoms. The highest BCUT2D eigenvalue weighted by Gasteiger charge is 2.40. The molecule has 9 nitrogen and oxygen atoms in total. The number of fused-ring (bicyclic) bond motifs is 1. The van der Waals surface area contributed by atoms with Crippen molar-refractivity contribution in [2.75, 3.05) is 25.0 Å². The van der Waals surface area contributed by atoms with Crippen LogP contribution in [0, 0.1) is 0 Å². The lowest BCUT2D eigenvalue weighted by Gasteiger charge is -2.11. The van der Waals surface area contributed by atoms with Gasteiger partial charge in [0.05, 0.1) is 17.8 Å². The molecule has 35 heavy (non-hydrogen) atoms. The molecule has 0 aliphatic carbocycles. The number of alkyl halides is 3. The fraction of sp³-hybridized carbons (Fsp3) is 0.217. The normalized spacial score (nSPS) is 12.9. The Bertz CT molecular complexity index is 1250. The van der Waals surface area contributed by atoms with Gasteiger partial charge in [-0.3, -0.25) is 9.78 Å². The highest BCUT2D eigenvalue weighted by atomic mass is 19.4. The van der Waals surface area contributed by atoms with Crippen molar-refractivity contribution >= 4 is 23.6 Å². The molecular weight excluding hydrogens is 467 g/mol. The molecule has 4 N–H and O–H groups in total. The number of carbonyl (C=O) groups is 3. The molecule has 4 rings (SSSR count). The van der Waals surface area contributed by atoms with Crippen LogP contribution in [0.2, 0.25) is 0 Å². The largest absolute Gasteiger partial charge is 0.490 e. The van der Waals surface area contributed by atoms with Gasteiger partial charge >= 0.3 is 18.2 Å². The Hall–Kier alpha value is -4.35. The summed E-state index contributed by atoms with van der Waals surface area (Å²) < 4.78 is 40.2. The van der Waals surface area contributed by atoms with Gasteiger partial charge in [0.25, 0.3) is 5.91 Å². The number of rotatable bonds is 6. The van der Waals surface area contributed by atoms with E-state index >= 15 is 0 Å². The molecule has 0 atom stereocenters. The second-order valence-electron chi connectivity index (χ2n) is 7.60. The summed E-state index contributed by atoms with van der Waals surface area (Å²) in [6.45, 7) is -0.301. The van der Waals surface area contributed by atoms with Gasteiger partial charge in [-0.15, -0.1) is 0 Å². The van der Waals surface area contributed by atoms with E-state index in [4.69, 9.17) is 0 Å². The average molecular weight is 487 g/mol. The highest BCUT2D eigenvalue weighted by Crippen LogP contribution is 2.27. The summed E-state index contributed by atoms with van der Waals surface area (Å²) in [7, 11) is 0. The van der Waals surface area contributed by atoms with Crippen molar-refractivity contribution < 1.29 is 32.3 Å². The van der Waals surface area contributed by atoms with Crippen LogP contribution in [-0.2, 0) is 16.0 Å². The van der Waals surface area contributed by atoms with E-state index in [0.29, 0.717) is 23.5 Å². The average Bonchev–Trinajstić information content (AvgIpc) is 3.28. The zero-order chi connectivity index (χ0) is 25.0. The number of anilines is 1. The monoisotopic (exact) mass is 487 g/mol. The van der Waals surface area contributed by atoms with Crippen molar-refractivity contribution in [3.05, 3.63) is 59.9 Å². The van der Waals surface area contributed by atoms with Gasteiger partial charge in [-0.2, -0.15) is 13.2 Å². The number of urea groups is 1. The first-order chi connectivity index (χ1) is 16.7. The maximum absolute atomic E-state index is 12.1. The number of nitrogens with zero attached hydrogens (tertiary/aromatic N) is 1. The van der Waals surface area contributed by atoms with Gasteiger partial charge < -0.3 is 25.7 Å². The van der Waals surface area contributed by atoms with Crippen molar-refractivity contribution in [3.8, 4) is 22.5 Å². The SMILES string of the molecule is O=C(NCCOC(=O)C(F)(F)F)Nc1ccc(-c2cc(-c3cc4c([nH]3)CCNC4=O)ccn2)cc1. The number of halogens is 3. The molecule has 2 aromatic heterocycles. The first kappa shape index (κ1) is 23.8. The van der Waals surface area contributed by atoms with E-state index in [9.17, 15) is 27.6 Å². The Morgan fingerprint density at radius 2 is 1.86 bits per heavy atom. The molecule has 0 spiro atoms. The second kappa shape index (κ2) is 9.87. The topological polar surface area (TPSA) is 125 Å². The zero-order valence-electron chi connectivity index (χ0n) is 18.2. The minimum atomic E-state index is -5.07. The van der Waals surface area contributed by atoms with Gasteiger partial charge in [-0.25, -0.2) is 9.59 Å². The van der Waals surface area contributed by atoms with Crippen LogP contribution in [0.25, 0.3) is 22.5 Å². The molecule has 3 amide bonds. The van der Waals surface area contributed by atoms with Gasteiger partial charge in [-0.05, 0) is 30.3 Å². The maximum atomic E-state index is 12.1. The summed E-state index contributed by atoms with van der Waals surface area (Å²) in [4.78, 5) is 42.2. The standard InChI is InChI=1S/C23H20F3N5O4/c24-23(25,26)21(33)35-10-9-29-22(34)30-15-3-1-13(2-4-15)18-11-14(5-7-27-18)19-12-16-17(31-19)6-8-28-20(16)32/h1-5,7,11-12,31H,6,8-10H2,(H,28,32)(H2,29,30,34). The first-order valence-corrected chi connectivity index (χ1v) is 10.6. The van der Waals surface area contributed by atoms with Gasteiger partial charge in [0.2, 0.25) is 0 Å². The van der Waals surface area contributed by atoms with Gasteiger partial charge in [0.1, 0.15) is 6.61 Å². The number of esters is 1. The number of benzene rings is 1. The van der Waals surface area contributed by atoms with Crippen molar-refractivity contribution in [2.45, 2.75) is 12.6 Å². The smallest absolute Gasteiger partial charge is 0.457 e. The van der Waals surface area contributed by atoms with Gasteiger partial charge in [0.15, 0.2) is 0 Å². The van der Waals surface area contributed by atoms with Crippen LogP contribution in [0.1, 0.15) is 16.1 Å². The minimum absolute atomic E-state index is 0.0996. The van der Waals surface area contributed by atoms with Crippen LogP contribution in [0.15, 0.2) is 48.7 Å². The Labute approximate surface area is 197 Å². The fourth-order valence-electron chi connectivity index (χ4n) is 3.49. The van der Waals surface area contributed by atoms with Crippen molar-refractivity contribution in [2.24, 2.45) is 0 Å². The lowest BCUT2D eigenvalue weighted by molar-refractivity contribution is -0.199. The number of H-pyrrole nitrogens is 1. The number of nitrogens with one attached hydrogen (secondary N) is 4. The molecule has 3 aromatic rings. The molecular formula is C23H20F3N5O4.